The summed E-state index contributed by atoms with van der Waals surface area (Å²) in [5.74, 6) is 0.239. The number of amides is 1. The average Bonchev–Trinajstić information content (AvgIpc) is 3.44. The molecule has 0 spiro atoms. The van der Waals surface area contributed by atoms with Gasteiger partial charge in [-0.25, -0.2) is 8.42 Å². The molecule has 1 fully saturated rings. The topological polar surface area (TPSA) is 101 Å². The standard InChI is InChI=1S/C18H18N4O4S4/c23-16(15-14(6-11-27-15)30(24,25)22-7-9-26-10-8-22)19-17-20-21-18(29-17)28-12-13-4-2-1-3-5-13/h1-6,11H,7-10,12H2,(H,19,20,23). The smallest absolute Gasteiger partial charge is 0.268 e. The number of anilines is 1. The Labute approximate surface area is 186 Å². The molecule has 4 rings (SSSR count). The third kappa shape index (κ3) is 4.90. The molecule has 1 saturated heterocycles. The SMILES string of the molecule is O=C(Nc1nnc(SCc2ccccc2)s1)c1sccc1S(=O)(=O)N1CCOCC1. The molecule has 1 aliphatic heterocycles. The molecule has 30 heavy (non-hydrogen) atoms. The fourth-order valence-electron chi connectivity index (χ4n) is 2.78. The first-order valence-electron chi connectivity index (χ1n) is 9.01. The van der Waals surface area contributed by atoms with Gasteiger partial charge in [0.15, 0.2) is 4.34 Å². The number of hydrogen-bond acceptors (Lipinski definition) is 9. The van der Waals surface area contributed by atoms with Crippen LogP contribution in [0.2, 0.25) is 0 Å². The van der Waals surface area contributed by atoms with Gasteiger partial charge in [0.25, 0.3) is 5.91 Å². The van der Waals surface area contributed by atoms with Gasteiger partial charge in [0.05, 0.1) is 13.2 Å². The minimum Gasteiger partial charge on any atom is -0.379 e. The lowest BCUT2D eigenvalue weighted by atomic mass is 10.2. The molecule has 0 unspecified atom stereocenters. The van der Waals surface area contributed by atoms with Gasteiger partial charge in [0.1, 0.15) is 9.77 Å². The van der Waals surface area contributed by atoms with Crippen LogP contribution in [-0.2, 0) is 20.5 Å². The first-order chi connectivity index (χ1) is 14.5. The Balaban J connectivity index is 1.43. The summed E-state index contributed by atoms with van der Waals surface area (Å²) in [5, 5.41) is 12.7. The second-order valence-corrected chi connectivity index (χ2v) is 11.3. The maximum atomic E-state index is 12.9. The maximum absolute atomic E-state index is 12.9. The molecule has 0 saturated carbocycles. The Kier molecular flexibility index (Phi) is 6.80. The summed E-state index contributed by atoms with van der Waals surface area (Å²) < 4.78 is 33.1. The molecule has 0 radical (unpaired) electrons. The van der Waals surface area contributed by atoms with Gasteiger partial charge in [-0.15, -0.1) is 21.5 Å². The number of benzene rings is 1. The van der Waals surface area contributed by atoms with E-state index in [4.69, 9.17) is 4.74 Å². The third-order valence-electron chi connectivity index (χ3n) is 4.26. The molecule has 8 nitrogen and oxygen atoms in total. The van der Waals surface area contributed by atoms with Crippen molar-refractivity contribution in [1.29, 1.82) is 0 Å². The monoisotopic (exact) mass is 482 g/mol. The van der Waals surface area contributed by atoms with Crippen LogP contribution in [0.1, 0.15) is 15.2 Å². The van der Waals surface area contributed by atoms with Gasteiger partial charge >= 0.3 is 0 Å². The van der Waals surface area contributed by atoms with Crippen molar-refractivity contribution in [3.63, 3.8) is 0 Å². The quantitative estimate of drug-likeness (QED) is 0.408. The van der Waals surface area contributed by atoms with E-state index in [9.17, 15) is 13.2 Å². The first-order valence-corrected chi connectivity index (χ1v) is 13.1. The van der Waals surface area contributed by atoms with Crippen molar-refractivity contribution in [2.24, 2.45) is 0 Å². The van der Waals surface area contributed by atoms with Crippen LogP contribution in [0.4, 0.5) is 5.13 Å². The lowest BCUT2D eigenvalue weighted by molar-refractivity contribution is 0.0730. The molecule has 1 N–H and O–H groups in total. The van der Waals surface area contributed by atoms with Crippen molar-refractivity contribution in [3.8, 4) is 0 Å². The number of thiophene rings is 1. The molecule has 0 atom stereocenters. The van der Waals surface area contributed by atoms with Crippen LogP contribution in [0.3, 0.4) is 0 Å². The number of morpholine rings is 1. The molecule has 12 heteroatoms. The number of aromatic nitrogens is 2. The summed E-state index contributed by atoms with van der Waals surface area (Å²) in [5.41, 5.74) is 1.17. The number of ether oxygens (including phenoxy) is 1. The minimum atomic E-state index is -3.75. The van der Waals surface area contributed by atoms with Gasteiger partial charge in [-0.3, -0.25) is 10.1 Å². The van der Waals surface area contributed by atoms with E-state index in [1.54, 1.807) is 5.38 Å². The number of sulfonamides is 1. The predicted molar refractivity (Wildman–Crippen MR) is 118 cm³/mol. The van der Waals surface area contributed by atoms with E-state index in [0.717, 1.165) is 21.4 Å². The fourth-order valence-corrected chi connectivity index (χ4v) is 7.19. The molecule has 1 aliphatic rings. The molecular formula is C18H18N4O4S4. The molecule has 158 valence electrons. The van der Waals surface area contributed by atoms with E-state index in [0.29, 0.717) is 18.3 Å². The average molecular weight is 483 g/mol. The molecule has 3 aromatic rings. The van der Waals surface area contributed by atoms with Gasteiger partial charge in [-0.05, 0) is 17.0 Å². The highest BCUT2D eigenvalue weighted by atomic mass is 32.2. The lowest BCUT2D eigenvalue weighted by Gasteiger charge is -2.25. The summed E-state index contributed by atoms with van der Waals surface area (Å²) in [6, 6.07) is 11.4. The van der Waals surface area contributed by atoms with E-state index in [1.165, 1.54) is 39.0 Å². The van der Waals surface area contributed by atoms with Crippen LogP contribution in [0, 0.1) is 0 Å². The predicted octanol–water partition coefficient (Wildman–Crippen LogP) is 3.17. The van der Waals surface area contributed by atoms with E-state index in [1.807, 2.05) is 30.3 Å². The molecule has 1 aromatic carbocycles. The molecule has 0 aliphatic carbocycles. The summed E-state index contributed by atoms with van der Waals surface area (Å²) >= 11 is 3.87. The largest absolute Gasteiger partial charge is 0.379 e. The Hall–Kier alpha value is -1.83. The maximum Gasteiger partial charge on any atom is 0.268 e. The highest BCUT2D eigenvalue weighted by Crippen LogP contribution is 2.30. The molecule has 3 heterocycles. The molecule has 1 amide bonds. The number of hydrogen-bond donors (Lipinski definition) is 1. The van der Waals surface area contributed by atoms with Crippen LogP contribution < -0.4 is 5.32 Å². The van der Waals surface area contributed by atoms with Crippen molar-refractivity contribution in [2.75, 3.05) is 31.6 Å². The highest BCUT2D eigenvalue weighted by Gasteiger charge is 2.31. The normalized spacial score (nSPS) is 15.2. The van der Waals surface area contributed by atoms with Crippen molar-refractivity contribution in [2.45, 2.75) is 15.0 Å². The second kappa shape index (κ2) is 9.54. The Bertz CT molecular complexity index is 1110. The molecule has 2 aromatic heterocycles. The zero-order valence-electron chi connectivity index (χ0n) is 15.7. The minimum absolute atomic E-state index is 0.00934. The number of carbonyl (C=O) groups excluding carboxylic acids is 1. The van der Waals surface area contributed by atoms with Gasteiger partial charge in [-0.2, -0.15) is 4.31 Å². The molecular weight excluding hydrogens is 464 g/mol. The van der Waals surface area contributed by atoms with Crippen molar-refractivity contribution in [1.82, 2.24) is 14.5 Å². The van der Waals surface area contributed by atoms with Crippen molar-refractivity contribution >= 4 is 55.5 Å². The van der Waals surface area contributed by atoms with Crippen molar-refractivity contribution in [3.05, 3.63) is 52.2 Å². The van der Waals surface area contributed by atoms with E-state index in [2.05, 4.69) is 15.5 Å². The van der Waals surface area contributed by atoms with Gasteiger partial charge in [0.2, 0.25) is 15.2 Å². The van der Waals surface area contributed by atoms with E-state index in [-0.39, 0.29) is 22.9 Å². The van der Waals surface area contributed by atoms with Gasteiger partial charge < -0.3 is 4.74 Å². The Morgan fingerprint density at radius 3 is 2.70 bits per heavy atom. The third-order valence-corrected chi connectivity index (χ3v) is 9.28. The Morgan fingerprint density at radius 2 is 1.93 bits per heavy atom. The fraction of sp³-hybridized carbons (Fsp3) is 0.278. The second-order valence-electron chi connectivity index (χ2n) is 6.23. The van der Waals surface area contributed by atoms with Crippen LogP contribution in [0.25, 0.3) is 0 Å². The summed E-state index contributed by atoms with van der Waals surface area (Å²) in [7, 11) is -3.75. The first kappa shape index (κ1) is 21.4. The zero-order valence-corrected chi connectivity index (χ0v) is 19.0. The van der Waals surface area contributed by atoms with Gasteiger partial charge in [0, 0.05) is 18.8 Å². The van der Waals surface area contributed by atoms with Crippen molar-refractivity contribution < 1.29 is 17.9 Å². The number of rotatable bonds is 7. The number of nitrogens with zero attached hydrogens (tertiary/aromatic N) is 3. The summed E-state index contributed by atoms with van der Waals surface area (Å²) in [4.78, 5) is 12.9. The number of thioether (sulfide) groups is 1. The zero-order chi connectivity index (χ0) is 21.0. The highest BCUT2D eigenvalue weighted by molar-refractivity contribution is 8.00. The summed E-state index contributed by atoms with van der Waals surface area (Å²) in [6.07, 6.45) is 0. The van der Waals surface area contributed by atoms with Crippen LogP contribution in [0.15, 0.2) is 51.0 Å². The number of nitrogens with one attached hydrogen (secondary N) is 1. The van der Waals surface area contributed by atoms with E-state index < -0.39 is 15.9 Å². The number of carbonyl (C=O) groups is 1. The molecule has 0 bridgehead atoms. The van der Waals surface area contributed by atoms with Gasteiger partial charge in [-0.1, -0.05) is 53.4 Å². The summed E-state index contributed by atoms with van der Waals surface area (Å²) in [6.45, 7) is 1.24. The van der Waals surface area contributed by atoms with E-state index >= 15 is 0 Å². The van der Waals surface area contributed by atoms with Crippen LogP contribution in [0.5, 0.6) is 0 Å². The van der Waals surface area contributed by atoms with Crippen LogP contribution >= 0.6 is 34.4 Å². The lowest BCUT2D eigenvalue weighted by Crippen LogP contribution is -2.41. The Morgan fingerprint density at radius 1 is 1.17 bits per heavy atom. The van der Waals surface area contributed by atoms with Crippen LogP contribution in [-0.4, -0.2) is 55.1 Å².